The van der Waals surface area contributed by atoms with E-state index >= 15 is 0 Å². The third kappa shape index (κ3) is 1.88. The Balaban J connectivity index is 1.90. The molecule has 2 aromatic heterocycles. The fraction of sp³-hybridized carbons (Fsp3) is 0. The van der Waals surface area contributed by atoms with Crippen molar-refractivity contribution in [1.29, 1.82) is 0 Å². The van der Waals surface area contributed by atoms with Gasteiger partial charge in [-0.3, -0.25) is 0 Å². The number of thiol groups is 2. The highest BCUT2D eigenvalue weighted by Gasteiger charge is 2.08. The summed E-state index contributed by atoms with van der Waals surface area (Å²) < 4.78 is 10.8. The van der Waals surface area contributed by atoms with Gasteiger partial charge in [-0.05, 0) is 35.4 Å². The zero-order valence-corrected chi connectivity index (χ0v) is 11.9. The fourth-order valence-corrected chi connectivity index (χ4v) is 2.60. The Morgan fingerprint density at radius 2 is 1.35 bits per heavy atom. The van der Waals surface area contributed by atoms with Crippen LogP contribution in [-0.4, -0.2) is 9.97 Å². The molecule has 0 amide bonds. The van der Waals surface area contributed by atoms with E-state index in [4.69, 9.17) is 8.83 Å². The van der Waals surface area contributed by atoms with Crippen LogP contribution in [0.4, 0.5) is 0 Å². The predicted octanol–water partition coefficient (Wildman–Crippen LogP) is 4.21. The summed E-state index contributed by atoms with van der Waals surface area (Å²) in [6.07, 6.45) is 0. The molecule has 6 heteroatoms. The number of fused-ring (bicyclic) bond motifs is 2. The van der Waals surface area contributed by atoms with E-state index in [0.717, 1.165) is 27.7 Å². The number of hydrogen-bond acceptors (Lipinski definition) is 6. The van der Waals surface area contributed by atoms with Crippen LogP contribution < -0.4 is 0 Å². The van der Waals surface area contributed by atoms with Gasteiger partial charge in [-0.1, -0.05) is 37.4 Å². The molecule has 98 valence electrons. The molecule has 0 bridgehead atoms. The summed E-state index contributed by atoms with van der Waals surface area (Å²) >= 11 is 8.21. The molecule has 0 saturated heterocycles. The van der Waals surface area contributed by atoms with E-state index < -0.39 is 0 Å². The van der Waals surface area contributed by atoms with Gasteiger partial charge >= 0.3 is 0 Å². The first-order valence-corrected chi connectivity index (χ1v) is 6.78. The average Bonchev–Trinajstić information content (AvgIpc) is 2.97. The van der Waals surface area contributed by atoms with Crippen molar-refractivity contribution in [2.45, 2.75) is 10.4 Å². The molecule has 0 radical (unpaired) electrons. The molecular weight excluding hydrogens is 292 g/mol. The van der Waals surface area contributed by atoms with Crippen LogP contribution in [0.15, 0.2) is 55.7 Å². The van der Waals surface area contributed by atoms with Gasteiger partial charge in [-0.15, -0.1) is 0 Å². The Kier molecular flexibility index (Phi) is 2.55. The quantitative estimate of drug-likeness (QED) is 0.517. The number of nitrogens with zero attached hydrogens (tertiary/aromatic N) is 2. The van der Waals surface area contributed by atoms with Crippen LogP contribution in [0, 0.1) is 0 Å². The number of oxazole rings is 2. The van der Waals surface area contributed by atoms with Crippen molar-refractivity contribution in [2.75, 3.05) is 0 Å². The van der Waals surface area contributed by atoms with Crippen LogP contribution in [0.2, 0.25) is 0 Å². The summed E-state index contributed by atoms with van der Waals surface area (Å²) in [5.74, 6) is 0. The molecule has 0 aliphatic carbocycles. The van der Waals surface area contributed by atoms with E-state index in [9.17, 15) is 0 Å². The molecular formula is C14H8N2O2S2. The molecule has 2 aromatic carbocycles. The molecule has 4 rings (SSSR count). The van der Waals surface area contributed by atoms with Crippen LogP contribution in [0.3, 0.4) is 0 Å². The Hall–Kier alpha value is -1.92. The molecule has 4 aromatic rings. The number of benzene rings is 2. The van der Waals surface area contributed by atoms with Crippen LogP contribution >= 0.6 is 25.3 Å². The predicted molar refractivity (Wildman–Crippen MR) is 81.5 cm³/mol. The van der Waals surface area contributed by atoms with Crippen molar-refractivity contribution in [3.8, 4) is 11.1 Å². The van der Waals surface area contributed by atoms with Crippen molar-refractivity contribution in [3.63, 3.8) is 0 Å². The second kappa shape index (κ2) is 4.29. The van der Waals surface area contributed by atoms with E-state index in [0.29, 0.717) is 16.0 Å². The van der Waals surface area contributed by atoms with Crippen LogP contribution in [-0.2, 0) is 0 Å². The summed E-state index contributed by atoms with van der Waals surface area (Å²) in [5, 5.41) is 0.728. The van der Waals surface area contributed by atoms with Gasteiger partial charge in [-0.2, -0.15) is 0 Å². The van der Waals surface area contributed by atoms with Gasteiger partial charge in [0.1, 0.15) is 11.0 Å². The fourth-order valence-electron chi connectivity index (χ4n) is 2.19. The zero-order chi connectivity index (χ0) is 13.7. The van der Waals surface area contributed by atoms with Gasteiger partial charge in [0.05, 0.1) is 0 Å². The maximum absolute atomic E-state index is 5.43. The first-order valence-electron chi connectivity index (χ1n) is 5.88. The third-order valence-electron chi connectivity index (χ3n) is 3.09. The standard InChI is InChI=1S/C14H8N2O2S2/c19-13-15-9-3-1-8(6-12(9)18-13)7-2-4-11-10(5-7)16-14(20)17-11/h1-6H,(H,15,19)(H,16,20). The topological polar surface area (TPSA) is 52.1 Å². The smallest absolute Gasteiger partial charge is 0.253 e. The van der Waals surface area contributed by atoms with Gasteiger partial charge in [0.15, 0.2) is 11.2 Å². The number of hydrogen-bond donors (Lipinski definition) is 2. The van der Waals surface area contributed by atoms with Crippen LogP contribution in [0.25, 0.3) is 33.3 Å². The van der Waals surface area contributed by atoms with Crippen LogP contribution in [0.1, 0.15) is 0 Å². The minimum Gasteiger partial charge on any atom is -0.432 e. The van der Waals surface area contributed by atoms with E-state index in [1.165, 1.54) is 0 Å². The molecule has 0 unspecified atom stereocenters. The Morgan fingerprint density at radius 1 is 0.700 bits per heavy atom. The van der Waals surface area contributed by atoms with Crippen molar-refractivity contribution >= 4 is 47.5 Å². The van der Waals surface area contributed by atoms with E-state index in [1.807, 2.05) is 36.4 Å². The molecule has 0 atom stereocenters. The second-order valence-electron chi connectivity index (χ2n) is 4.36. The zero-order valence-electron chi connectivity index (χ0n) is 10.1. The van der Waals surface area contributed by atoms with E-state index in [-0.39, 0.29) is 0 Å². The lowest BCUT2D eigenvalue weighted by atomic mass is 10.0. The Bertz CT molecular complexity index is 865. The number of aromatic nitrogens is 2. The van der Waals surface area contributed by atoms with E-state index in [1.54, 1.807) is 0 Å². The minimum absolute atomic E-state index is 0.363. The second-order valence-corrected chi connectivity index (χ2v) is 5.12. The maximum atomic E-state index is 5.43. The minimum atomic E-state index is 0.363. The van der Waals surface area contributed by atoms with Gasteiger partial charge < -0.3 is 8.83 Å². The van der Waals surface area contributed by atoms with Gasteiger partial charge in [0.2, 0.25) is 0 Å². The monoisotopic (exact) mass is 300 g/mol. The first kappa shape index (κ1) is 11.9. The van der Waals surface area contributed by atoms with Crippen molar-refractivity contribution < 1.29 is 8.83 Å². The largest absolute Gasteiger partial charge is 0.432 e. The summed E-state index contributed by atoms with van der Waals surface area (Å²) in [7, 11) is 0. The molecule has 0 N–H and O–H groups in total. The normalized spacial score (nSPS) is 11.5. The lowest BCUT2D eigenvalue weighted by Crippen LogP contribution is -1.78. The number of rotatable bonds is 1. The Labute approximate surface area is 124 Å². The highest BCUT2D eigenvalue weighted by Crippen LogP contribution is 2.28. The first-order chi connectivity index (χ1) is 9.69. The molecule has 20 heavy (non-hydrogen) atoms. The lowest BCUT2D eigenvalue weighted by molar-refractivity contribution is 0.491. The molecule has 4 nitrogen and oxygen atoms in total. The maximum Gasteiger partial charge on any atom is 0.253 e. The lowest BCUT2D eigenvalue weighted by Gasteiger charge is -2.00. The molecule has 0 saturated carbocycles. The molecule has 0 aliphatic heterocycles. The van der Waals surface area contributed by atoms with Gasteiger partial charge in [-0.25, -0.2) is 9.97 Å². The summed E-state index contributed by atoms with van der Waals surface area (Å²) in [6.45, 7) is 0. The van der Waals surface area contributed by atoms with Gasteiger partial charge in [0.25, 0.3) is 10.4 Å². The highest BCUT2D eigenvalue weighted by atomic mass is 32.1. The summed E-state index contributed by atoms with van der Waals surface area (Å²) in [6, 6.07) is 11.6. The summed E-state index contributed by atoms with van der Waals surface area (Å²) in [5.41, 5.74) is 5.05. The summed E-state index contributed by atoms with van der Waals surface area (Å²) in [4.78, 5) is 8.38. The van der Waals surface area contributed by atoms with Crippen molar-refractivity contribution in [3.05, 3.63) is 36.4 Å². The van der Waals surface area contributed by atoms with Crippen molar-refractivity contribution in [2.24, 2.45) is 0 Å². The highest BCUT2D eigenvalue weighted by molar-refractivity contribution is 7.80. The molecule has 0 aliphatic rings. The van der Waals surface area contributed by atoms with Crippen LogP contribution in [0.5, 0.6) is 0 Å². The van der Waals surface area contributed by atoms with Gasteiger partial charge in [0, 0.05) is 0 Å². The molecule has 0 fully saturated rings. The van der Waals surface area contributed by atoms with Crippen molar-refractivity contribution in [1.82, 2.24) is 9.97 Å². The van der Waals surface area contributed by atoms with E-state index in [2.05, 4.69) is 35.2 Å². The third-order valence-corrected chi connectivity index (χ3v) is 3.47. The molecule has 2 heterocycles. The molecule has 0 spiro atoms. The SMILES string of the molecule is Sc1nc2cc(-c3ccc4nc(S)oc4c3)ccc2o1. The average molecular weight is 300 g/mol. The Morgan fingerprint density at radius 3 is 2.20 bits per heavy atom.